The van der Waals surface area contributed by atoms with Gasteiger partial charge < -0.3 is 14.7 Å². The molecule has 2 aromatic carbocycles. The molecule has 1 saturated heterocycles. The Balaban J connectivity index is 1.58. The number of amides is 2. The third-order valence-corrected chi connectivity index (χ3v) is 4.39. The standard InChI is InChI=1S/C20H20N2O5/c23-18(22-12-4-5-15(13-22)19(24)25)14-8-10-16(11-9-14)21-20(26)27-17-6-2-1-3-7-17/h1-3,6-11,15H,4-5,12-13H2,(H,21,26)(H,24,25). The average Bonchev–Trinajstić information content (AvgIpc) is 2.69. The molecule has 1 atom stereocenters. The van der Waals surface area contributed by atoms with Crippen LogP contribution in [0.5, 0.6) is 5.75 Å². The van der Waals surface area contributed by atoms with Gasteiger partial charge in [-0.15, -0.1) is 0 Å². The van der Waals surface area contributed by atoms with E-state index in [1.165, 1.54) is 0 Å². The quantitative estimate of drug-likeness (QED) is 0.864. The Morgan fingerprint density at radius 3 is 2.41 bits per heavy atom. The Hall–Kier alpha value is -3.35. The molecule has 1 fully saturated rings. The van der Waals surface area contributed by atoms with Crippen molar-refractivity contribution >= 4 is 23.7 Å². The second-order valence-corrected chi connectivity index (χ2v) is 6.33. The maximum Gasteiger partial charge on any atom is 0.417 e. The van der Waals surface area contributed by atoms with E-state index in [0.717, 1.165) is 0 Å². The van der Waals surface area contributed by atoms with Gasteiger partial charge in [-0.3, -0.25) is 14.9 Å². The average molecular weight is 368 g/mol. The molecule has 7 heteroatoms. The normalized spacial score (nSPS) is 16.4. The lowest BCUT2D eigenvalue weighted by Crippen LogP contribution is -2.42. The number of hydrogen-bond donors (Lipinski definition) is 2. The number of piperidine rings is 1. The van der Waals surface area contributed by atoms with Crippen molar-refractivity contribution in [2.24, 2.45) is 5.92 Å². The SMILES string of the molecule is O=C(Nc1ccc(C(=O)N2CCCC(C(=O)O)C2)cc1)Oc1ccccc1. The number of ether oxygens (including phenoxy) is 1. The van der Waals surface area contributed by atoms with Gasteiger partial charge in [0, 0.05) is 24.3 Å². The number of carboxylic acids is 1. The largest absolute Gasteiger partial charge is 0.481 e. The zero-order valence-electron chi connectivity index (χ0n) is 14.6. The molecule has 1 aliphatic heterocycles. The van der Waals surface area contributed by atoms with Crippen molar-refractivity contribution in [2.45, 2.75) is 12.8 Å². The maximum atomic E-state index is 12.6. The van der Waals surface area contributed by atoms with Gasteiger partial charge in [-0.1, -0.05) is 18.2 Å². The number of para-hydroxylation sites is 1. The summed E-state index contributed by atoms with van der Waals surface area (Å²) in [6.45, 7) is 0.767. The van der Waals surface area contributed by atoms with Gasteiger partial charge in [-0.25, -0.2) is 4.79 Å². The Kier molecular flexibility index (Phi) is 5.71. The fourth-order valence-corrected chi connectivity index (χ4v) is 2.98. The molecule has 27 heavy (non-hydrogen) atoms. The Morgan fingerprint density at radius 2 is 1.74 bits per heavy atom. The summed E-state index contributed by atoms with van der Waals surface area (Å²) in [5, 5.41) is 11.7. The van der Waals surface area contributed by atoms with E-state index in [9.17, 15) is 14.4 Å². The summed E-state index contributed by atoms with van der Waals surface area (Å²) in [5.41, 5.74) is 0.942. The summed E-state index contributed by atoms with van der Waals surface area (Å²) in [7, 11) is 0. The molecule has 3 rings (SSSR count). The van der Waals surface area contributed by atoms with Crippen molar-refractivity contribution in [3.63, 3.8) is 0 Å². The highest BCUT2D eigenvalue weighted by Gasteiger charge is 2.28. The summed E-state index contributed by atoms with van der Waals surface area (Å²) in [4.78, 5) is 37.2. The molecule has 1 aliphatic rings. The number of carbonyl (C=O) groups is 3. The van der Waals surface area contributed by atoms with E-state index in [-0.39, 0.29) is 12.5 Å². The van der Waals surface area contributed by atoms with Crippen LogP contribution < -0.4 is 10.1 Å². The number of benzene rings is 2. The lowest BCUT2D eigenvalue weighted by atomic mass is 9.97. The fraction of sp³-hybridized carbons (Fsp3) is 0.250. The van der Waals surface area contributed by atoms with Crippen LogP contribution in [0, 0.1) is 5.92 Å². The third kappa shape index (κ3) is 4.84. The van der Waals surface area contributed by atoms with Crippen LogP contribution in [0.2, 0.25) is 0 Å². The van der Waals surface area contributed by atoms with Crippen molar-refractivity contribution in [3.8, 4) is 5.75 Å². The fourth-order valence-electron chi connectivity index (χ4n) is 2.98. The molecule has 0 bridgehead atoms. The molecule has 2 N–H and O–H groups in total. The van der Waals surface area contributed by atoms with Gasteiger partial charge >= 0.3 is 12.1 Å². The minimum atomic E-state index is -0.871. The first-order chi connectivity index (χ1) is 13.0. The molecule has 0 saturated carbocycles. The van der Waals surface area contributed by atoms with Crippen LogP contribution in [0.1, 0.15) is 23.2 Å². The number of nitrogens with zero attached hydrogens (tertiary/aromatic N) is 1. The highest BCUT2D eigenvalue weighted by Crippen LogP contribution is 2.20. The summed E-state index contributed by atoms with van der Waals surface area (Å²) in [6.07, 6.45) is 0.639. The Labute approximate surface area is 156 Å². The molecule has 0 aliphatic carbocycles. The number of anilines is 1. The number of nitrogens with one attached hydrogen (secondary N) is 1. The molecular formula is C20H20N2O5. The third-order valence-electron chi connectivity index (χ3n) is 4.39. The zero-order valence-corrected chi connectivity index (χ0v) is 14.6. The second-order valence-electron chi connectivity index (χ2n) is 6.33. The van der Waals surface area contributed by atoms with E-state index in [2.05, 4.69) is 5.32 Å². The number of carboxylic acid groups (broad SMARTS) is 1. The summed E-state index contributed by atoms with van der Waals surface area (Å²) in [6, 6.07) is 15.1. The molecule has 1 heterocycles. The van der Waals surface area contributed by atoms with Crippen LogP contribution in [0.25, 0.3) is 0 Å². The second kappa shape index (κ2) is 8.35. The molecule has 0 spiro atoms. The van der Waals surface area contributed by atoms with Crippen LogP contribution >= 0.6 is 0 Å². The number of hydrogen-bond acceptors (Lipinski definition) is 4. The van der Waals surface area contributed by atoms with Crippen LogP contribution in [-0.2, 0) is 4.79 Å². The zero-order chi connectivity index (χ0) is 19.2. The minimum absolute atomic E-state index is 0.209. The van der Waals surface area contributed by atoms with Crippen molar-refractivity contribution in [2.75, 3.05) is 18.4 Å². The van der Waals surface area contributed by atoms with Crippen molar-refractivity contribution in [1.29, 1.82) is 0 Å². The van der Waals surface area contributed by atoms with Crippen molar-refractivity contribution in [3.05, 3.63) is 60.2 Å². The van der Waals surface area contributed by atoms with E-state index in [1.54, 1.807) is 53.4 Å². The van der Waals surface area contributed by atoms with Gasteiger partial charge in [0.2, 0.25) is 0 Å². The smallest absolute Gasteiger partial charge is 0.417 e. The van der Waals surface area contributed by atoms with Crippen LogP contribution in [0.3, 0.4) is 0 Å². The van der Waals surface area contributed by atoms with E-state index in [1.807, 2.05) is 6.07 Å². The molecule has 0 radical (unpaired) electrons. The predicted molar refractivity (Wildman–Crippen MR) is 98.8 cm³/mol. The number of carbonyl (C=O) groups excluding carboxylic acids is 2. The minimum Gasteiger partial charge on any atom is -0.481 e. The van der Waals surface area contributed by atoms with Gasteiger partial charge in [0.05, 0.1) is 5.92 Å². The molecular weight excluding hydrogens is 348 g/mol. The van der Waals surface area contributed by atoms with Crippen LogP contribution in [0.15, 0.2) is 54.6 Å². The first kappa shape index (κ1) is 18.4. The molecule has 1 unspecified atom stereocenters. The molecule has 7 nitrogen and oxygen atoms in total. The van der Waals surface area contributed by atoms with E-state index in [4.69, 9.17) is 9.84 Å². The van der Waals surface area contributed by atoms with Gasteiger partial charge in [0.1, 0.15) is 5.75 Å². The van der Waals surface area contributed by atoms with Gasteiger partial charge in [0.25, 0.3) is 5.91 Å². The summed E-state index contributed by atoms with van der Waals surface area (Å²) >= 11 is 0. The highest BCUT2D eigenvalue weighted by molar-refractivity contribution is 5.95. The van der Waals surface area contributed by atoms with Gasteiger partial charge in [-0.2, -0.15) is 0 Å². The molecule has 140 valence electrons. The molecule has 0 aromatic heterocycles. The summed E-state index contributed by atoms with van der Waals surface area (Å²) < 4.78 is 5.14. The van der Waals surface area contributed by atoms with Gasteiger partial charge in [-0.05, 0) is 49.2 Å². The highest BCUT2D eigenvalue weighted by atomic mass is 16.6. The van der Waals surface area contributed by atoms with E-state index in [0.29, 0.717) is 36.4 Å². The lowest BCUT2D eigenvalue weighted by Gasteiger charge is -2.30. The molecule has 2 amide bonds. The number of aliphatic carboxylic acids is 1. The number of rotatable bonds is 4. The maximum absolute atomic E-state index is 12.6. The van der Waals surface area contributed by atoms with E-state index < -0.39 is 18.0 Å². The van der Waals surface area contributed by atoms with E-state index >= 15 is 0 Å². The van der Waals surface area contributed by atoms with Crippen LogP contribution in [0.4, 0.5) is 10.5 Å². The Bertz CT molecular complexity index is 820. The number of likely N-dealkylation sites (tertiary alicyclic amines) is 1. The van der Waals surface area contributed by atoms with Crippen LogP contribution in [-0.4, -0.2) is 41.1 Å². The Morgan fingerprint density at radius 1 is 1.04 bits per heavy atom. The molecule has 2 aromatic rings. The summed E-state index contributed by atoms with van der Waals surface area (Å²) in [5.74, 6) is -1.17. The van der Waals surface area contributed by atoms with Gasteiger partial charge in [0.15, 0.2) is 0 Å². The lowest BCUT2D eigenvalue weighted by molar-refractivity contribution is -0.143. The topological polar surface area (TPSA) is 95.9 Å². The van der Waals surface area contributed by atoms with Crippen molar-refractivity contribution < 1.29 is 24.2 Å². The van der Waals surface area contributed by atoms with Crippen molar-refractivity contribution in [1.82, 2.24) is 4.90 Å². The first-order valence-electron chi connectivity index (χ1n) is 8.69. The predicted octanol–water partition coefficient (Wildman–Crippen LogP) is 3.23. The first-order valence-corrected chi connectivity index (χ1v) is 8.69. The monoisotopic (exact) mass is 368 g/mol.